The van der Waals surface area contributed by atoms with E-state index >= 15 is 0 Å². The highest BCUT2D eigenvalue weighted by Crippen LogP contribution is 2.09. The number of hydrogen-bond acceptors (Lipinski definition) is 3. The number of benzene rings is 2. The highest BCUT2D eigenvalue weighted by Gasteiger charge is 2.12. The standard InChI is InChI=1S/C17H17ClN2O3/c18-14-8-6-13(7-9-14)12-20-17(22)16(21)19-10-11-23-15-4-2-1-3-5-15/h1-9H,10-12H2,(H,19,21)(H,20,22). The molecule has 120 valence electrons. The predicted octanol–water partition coefficient (Wildman–Crippen LogP) is 2.15. The maximum atomic E-state index is 11.7. The number of amides is 2. The lowest BCUT2D eigenvalue weighted by atomic mass is 10.2. The summed E-state index contributed by atoms with van der Waals surface area (Å²) in [6, 6.07) is 16.3. The van der Waals surface area contributed by atoms with Gasteiger partial charge in [-0.2, -0.15) is 0 Å². The third-order valence-corrected chi connectivity index (χ3v) is 3.22. The van der Waals surface area contributed by atoms with Crippen molar-refractivity contribution in [3.63, 3.8) is 0 Å². The molecule has 0 bridgehead atoms. The average Bonchev–Trinajstić information content (AvgIpc) is 2.58. The van der Waals surface area contributed by atoms with Crippen molar-refractivity contribution in [1.82, 2.24) is 10.6 Å². The molecule has 2 N–H and O–H groups in total. The van der Waals surface area contributed by atoms with Gasteiger partial charge in [0.2, 0.25) is 0 Å². The first-order chi connectivity index (χ1) is 11.1. The van der Waals surface area contributed by atoms with Gasteiger partial charge in [-0.3, -0.25) is 9.59 Å². The Morgan fingerprint density at radius 3 is 2.26 bits per heavy atom. The maximum absolute atomic E-state index is 11.7. The average molecular weight is 333 g/mol. The quantitative estimate of drug-likeness (QED) is 0.629. The molecule has 0 heterocycles. The summed E-state index contributed by atoms with van der Waals surface area (Å²) in [5.41, 5.74) is 0.864. The van der Waals surface area contributed by atoms with Crippen molar-refractivity contribution < 1.29 is 14.3 Å². The molecular formula is C17H17ClN2O3. The minimum absolute atomic E-state index is 0.252. The molecule has 0 fully saturated rings. The summed E-state index contributed by atoms with van der Waals surface area (Å²) >= 11 is 5.78. The van der Waals surface area contributed by atoms with Gasteiger partial charge in [-0.15, -0.1) is 0 Å². The van der Waals surface area contributed by atoms with E-state index in [1.165, 1.54) is 0 Å². The lowest BCUT2D eigenvalue weighted by Gasteiger charge is -2.08. The number of halogens is 1. The minimum atomic E-state index is -0.685. The third-order valence-electron chi connectivity index (χ3n) is 2.97. The summed E-state index contributed by atoms with van der Waals surface area (Å²) in [5.74, 6) is -0.649. The Kier molecular flexibility index (Phi) is 6.44. The second-order valence-electron chi connectivity index (χ2n) is 4.73. The van der Waals surface area contributed by atoms with Gasteiger partial charge in [0, 0.05) is 11.6 Å². The van der Waals surface area contributed by atoms with E-state index in [4.69, 9.17) is 16.3 Å². The van der Waals surface area contributed by atoms with E-state index in [0.29, 0.717) is 17.4 Å². The predicted molar refractivity (Wildman–Crippen MR) is 88.2 cm³/mol. The van der Waals surface area contributed by atoms with Gasteiger partial charge in [0.1, 0.15) is 12.4 Å². The van der Waals surface area contributed by atoms with Crippen molar-refractivity contribution in [3.05, 3.63) is 65.2 Å². The SMILES string of the molecule is O=C(NCCOc1ccccc1)C(=O)NCc1ccc(Cl)cc1. The topological polar surface area (TPSA) is 67.4 Å². The van der Waals surface area contributed by atoms with Crippen LogP contribution in [0.5, 0.6) is 5.75 Å². The van der Waals surface area contributed by atoms with Gasteiger partial charge in [0.05, 0.1) is 6.54 Å². The van der Waals surface area contributed by atoms with Crippen LogP contribution < -0.4 is 15.4 Å². The Balaban J connectivity index is 1.64. The van der Waals surface area contributed by atoms with Gasteiger partial charge in [-0.25, -0.2) is 0 Å². The minimum Gasteiger partial charge on any atom is -0.492 e. The van der Waals surface area contributed by atoms with Crippen molar-refractivity contribution in [3.8, 4) is 5.75 Å². The lowest BCUT2D eigenvalue weighted by Crippen LogP contribution is -2.41. The fourth-order valence-corrected chi connectivity index (χ4v) is 1.92. The molecule has 0 saturated carbocycles. The van der Waals surface area contributed by atoms with Crippen molar-refractivity contribution >= 4 is 23.4 Å². The van der Waals surface area contributed by atoms with Crippen molar-refractivity contribution in [1.29, 1.82) is 0 Å². The fraction of sp³-hybridized carbons (Fsp3) is 0.176. The third kappa shape index (κ3) is 6.00. The van der Waals surface area contributed by atoms with Gasteiger partial charge in [0.25, 0.3) is 0 Å². The van der Waals surface area contributed by atoms with Crippen molar-refractivity contribution in [2.75, 3.05) is 13.2 Å². The zero-order valence-corrected chi connectivity index (χ0v) is 13.2. The van der Waals surface area contributed by atoms with E-state index in [1.807, 2.05) is 30.3 Å². The van der Waals surface area contributed by atoms with E-state index < -0.39 is 11.8 Å². The normalized spacial score (nSPS) is 9.96. The van der Waals surface area contributed by atoms with Crippen LogP contribution in [-0.2, 0) is 16.1 Å². The number of carbonyl (C=O) groups is 2. The zero-order valence-electron chi connectivity index (χ0n) is 12.4. The van der Waals surface area contributed by atoms with Gasteiger partial charge >= 0.3 is 11.8 Å². The van der Waals surface area contributed by atoms with Gasteiger partial charge in [0.15, 0.2) is 0 Å². The Hall–Kier alpha value is -2.53. The smallest absolute Gasteiger partial charge is 0.309 e. The molecule has 23 heavy (non-hydrogen) atoms. The zero-order chi connectivity index (χ0) is 16.5. The van der Waals surface area contributed by atoms with Crippen LogP contribution in [0.4, 0.5) is 0 Å². The molecule has 2 amide bonds. The maximum Gasteiger partial charge on any atom is 0.309 e. The number of para-hydroxylation sites is 1. The molecule has 0 atom stereocenters. The van der Waals surface area contributed by atoms with Crippen molar-refractivity contribution in [2.45, 2.75) is 6.54 Å². The highest BCUT2D eigenvalue weighted by molar-refractivity contribution is 6.35. The largest absolute Gasteiger partial charge is 0.492 e. The summed E-state index contributed by atoms with van der Waals surface area (Å²) in [6.45, 7) is 0.812. The van der Waals surface area contributed by atoms with E-state index in [0.717, 1.165) is 5.56 Å². The Bertz CT molecular complexity index is 645. The molecule has 0 aromatic heterocycles. The lowest BCUT2D eigenvalue weighted by molar-refractivity contribution is -0.139. The van der Waals surface area contributed by atoms with Crippen LogP contribution in [0, 0.1) is 0 Å². The molecule has 0 unspecified atom stereocenters. The van der Waals surface area contributed by atoms with E-state index in [9.17, 15) is 9.59 Å². The summed E-state index contributed by atoms with van der Waals surface area (Å²) < 4.78 is 5.42. The van der Waals surface area contributed by atoms with Crippen LogP contribution in [0.25, 0.3) is 0 Å². The number of rotatable bonds is 6. The van der Waals surface area contributed by atoms with Crippen LogP contribution in [0.3, 0.4) is 0 Å². The number of hydrogen-bond donors (Lipinski definition) is 2. The fourth-order valence-electron chi connectivity index (χ4n) is 1.80. The van der Waals surface area contributed by atoms with Crippen molar-refractivity contribution in [2.24, 2.45) is 0 Å². The molecule has 0 aliphatic heterocycles. The number of nitrogens with one attached hydrogen (secondary N) is 2. The molecule has 6 heteroatoms. The first-order valence-electron chi connectivity index (χ1n) is 7.13. The summed E-state index contributed by atoms with van der Waals surface area (Å²) in [7, 11) is 0. The molecule has 0 spiro atoms. The first-order valence-corrected chi connectivity index (χ1v) is 7.51. The van der Waals surface area contributed by atoms with Gasteiger partial charge in [-0.05, 0) is 29.8 Å². The molecule has 2 rings (SSSR count). The summed E-state index contributed by atoms with van der Waals surface area (Å²) in [6.07, 6.45) is 0. The van der Waals surface area contributed by atoms with E-state index in [2.05, 4.69) is 10.6 Å². The van der Waals surface area contributed by atoms with E-state index in [-0.39, 0.29) is 13.1 Å². The number of ether oxygens (including phenoxy) is 1. The van der Waals surface area contributed by atoms with Gasteiger partial charge < -0.3 is 15.4 Å². The molecule has 0 saturated heterocycles. The van der Waals surface area contributed by atoms with Crippen LogP contribution in [0.15, 0.2) is 54.6 Å². The second-order valence-corrected chi connectivity index (χ2v) is 5.16. The van der Waals surface area contributed by atoms with Crippen LogP contribution in [0.2, 0.25) is 5.02 Å². The summed E-state index contributed by atoms with van der Waals surface area (Å²) in [5, 5.41) is 5.66. The Morgan fingerprint density at radius 1 is 0.913 bits per heavy atom. The highest BCUT2D eigenvalue weighted by atomic mass is 35.5. The Labute approximate surface area is 139 Å². The molecule has 2 aromatic rings. The molecule has 0 aliphatic rings. The van der Waals surface area contributed by atoms with Crippen LogP contribution in [-0.4, -0.2) is 25.0 Å². The molecule has 0 aliphatic carbocycles. The molecule has 0 radical (unpaired) electrons. The molecule has 2 aromatic carbocycles. The number of carbonyl (C=O) groups excluding carboxylic acids is 2. The van der Waals surface area contributed by atoms with E-state index in [1.54, 1.807) is 24.3 Å². The second kappa shape index (κ2) is 8.80. The van der Waals surface area contributed by atoms with Gasteiger partial charge in [-0.1, -0.05) is 41.9 Å². The van der Waals surface area contributed by atoms with Crippen LogP contribution in [0.1, 0.15) is 5.56 Å². The molecule has 5 nitrogen and oxygen atoms in total. The Morgan fingerprint density at radius 2 is 1.57 bits per heavy atom. The summed E-state index contributed by atoms with van der Waals surface area (Å²) in [4.78, 5) is 23.3. The first kappa shape index (κ1) is 16.8. The monoisotopic (exact) mass is 332 g/mol. The van der Waals surface area contributed by atoms with Crippen LogP contribution >= 0.6 is 11.6 Å². The molecular weight excluding hydrogens is 316 g/mol.